The summed E-state index contributed by atoms with van der Waals surface area (Å²) in [4.78, 5) is 90.2. The highest BCUT2D eigenvalue weighted by molar-refractivity contribution is 8.03. The van der Waals surface area contributed by atoms with Crippen LogP contribution in [-0.2, 0) is 52.8 Å². The van der Waals surface area contributed by atoms with E-state index in [4.69, 9.17) is 0 Å². The van der Waals surface area contributed by atoms with Gasteiger partial charge in [0.2, 0.25) is 35.9 Å². The summed E-state index contributed by atoms with van der Waals surface area (Å²) >= 11 is 1.52. The van der Waals surface area contributed by atoms with E-state index in [-0.39, 0.29) is 37.5 Å². The van der Waals surface area contributed by atoms with Gasteiger partial charge in [0.25, 0.3) is 0 Å². The van der Waals surface area contributed by atoms with E-state index in [0.29, 0.717) is 35.2 Å². The van der Waals surface area contributed by atoms with Crippen molar-refractivity contribution in [1.82, 2.24) is 26.6 Å². The second kappa shape index (κ2) is 22.4. The monoisotopic (exact) mass is 832 g/mol. The molecule has 0 saturated carbocycles. The van der Waals surface area contributed by atoms with Crippen molar-refractivity contribution in [2.75, 3.05) is 11.9 Å². The average Bonchev–Trinajstić information content (AvgIpc) is 3.77. The van der Waals surface area contributed by atoms with Crippen molar-refractivity contribution in [3.8, 4) is 11.1 Å². The highest BCUT2D eigenvalue weighted by atomic mass is 32.2. The molecule has 5 rings (SSSR count). The van der Waals surface area contributed by atoms with Gasteiger partial charge >= 0.3 is 5.97 Å². The fraction of sp³-hybridized carbons (Fsp3) is 0.267. The van der Waals surface area contributed by atoms with Gasteiger partial charge in [0.15, 0.2) is 0 Å². The number of rotatable bonds is 21. The number of aliphatic carboxylic acids is 1. The normalized spacial score (nSPS) is 15.0. The van der Waals surface area contributed by atoms with E-state index in [1.54, 1.807) is 54.6 Å². The van der Waals surface area contributed by atoms with E-state index < -0.39 is 59.7 Å². The molecule has 1 unspecified atom stereocenters. The zero-order valence-electron chi connectivity index (χ0n) is 33.0. The number of hydrogen-bond acceptors (Lipinski definition) is 8. The Labute approximate surface area is 352 Å². The van der Waals surface area contributed by atoms with Gasteiger partial charge in [-0.2, -0.15) is 0 Å². The van der Waals surface area contributed by atoms with Crippen molar-refractivity contribution in [1.29, 1.82) is 0 Å². The summed E-state index contributed by atoms with van der Waals surface area (Å²) in [7, 11) is 0. The molecule has 0 aromatic heterocycles. The molecule has 0 fully saturated rings. The van der Waals surface area contributed by atoms with Crippen LogP contribution in [0.3, 0.4) is 0 Å². The second-order valence-electron chi connectivity index (χ2n) is 14.3. The molecule has 60 heavy (non-hydrogen) atoms. The summed E-state index contributed by atoms with van der Waals surface area (Å²) in [5, 5.41) is 27.9. The van der Waals surface area contributed by atoms with Crippen molar-refractivity contribution in [3.05, 3.63) is 137 Å². The lowest BCUT2D eigenvalue weighted by Gasteiger charge is -2.27. The Balaban J connectivity index is 1.41. The largest absolute Gasteiger partial charge is 0.480 e. The Morgan fingerprint density at radius 2 is 1.15 bits per heavy atom. The number of carboxylic acid groups (broad SMARTS) is 1. The third-order valence-corrected chi connectivity index (χ3v) is 10.8. The molecule has 1 aliphatic heterocycles. The molecule has 4 aromatic carbocycles. The Kier molecular flexibility index (Phi) is 16.6. The Hall–Kier alpha value is -6.74. The smallest absolute Gasteiger partial charge is 0.326 e. The Morgan fingerprint density at radius 3 is 1.68 bits per heavy atom. The summed E-state index contributed by atoms with van der Waals surface area (Å²) in [6, 6.07) is 27.6. The average molecular weight is 833 g/mol. The van der Waals surface area contributed by atoms with Crippen LogP contribution < -0.4 is 31.9 Å². The van der Waals surface area contributed by atoms with Crippen LogP contribution in [0.4, 0.5) is 5.69 Å². The molecule has 5 atom stereocenters. The zero-order valence-corrected chi connectivity index (χ0v) is 33.8. The molecule has 0 saturated heterocycles. The van der Waals surface area contributed by atoms with Crippen LogP contribution in [-0.4, -0.2) is 83.0 Å². The van der Waals surface area contributed by atoms with Gasteiger partial charge in [-0.25, -0.2) is 4.79 Å². The molecule has 15 heteroatoms. The predicted molar refractivity (Wildman–Crippen MR) is 229 cm³/mol. The molecule has 0 spiro atoms. The van der Waals surface area contributed by atoms with E-state index in [9.17, 15) is 38.7 Å². The van der Waals surface area contributed by atoms with Crippen LogP contribution in [0.5, 0.6) is 0 Å². The SMILES string of the molecule is CC(=O)NCC(=O)N[C@H](CC1CC=CS1)C(=O)N[C@@H](Cc1ccc(-c2ccccc2)cc1)C(=O)N[C@H](Cc1ccccc1)C(=O)N[C@@H](Cc1ccc(NC=O)cc1)C(=O)O. The molecule has 7 N–H and O–H groups in total. The molecule has 1 aliphatic rings. The second-order valence-corrected chi connectivity index (χ2v) is 15.5. The van der Waals surface area contributed by atoms with Crippen LogP contribution in [0.25, 0.3) is 11.1 Å². The number of carboxylic acids is 1. The molecule has 312 valence electrons. The molecular formula is C45H48N6O8S. The maximum absolute atomic E-state index is 14.4. The molecular weight excluding hydrogens is 785 g/mol. The van der Waals surface area contributed by atoms with Gasteiger partial charge in [-0.05, 0) is 58.2 Å². The highest BCUT2D eigenvalue weighted by Crippen LogP contribution is 2.28. The first-order valence-corrected chi connectivity index (χ1v) is 20.4. The van der Waals surface area contributed by atoms with E-state index in [1.807, 2.05) is 66.1 Å². The van der Waals surface area contributed by atoms with Crippen LogP contribution >= 0.6 is 11.8 Å². The van der Waals surface area contributed by atoms with Crippen molar-refractivity contribution >= 4 is 59.4 Å². The van der Waals surface area contributed by atoms with Crippen LogP contribution in [0.2, 0.25) is 0 Å². The van der Waals surface area contributed by atoms with Crippen molar-refractivity contribution < 1.29 is 38.7 Å². The third kappa shape index (κ3) is 14.0. The van der Waals surface area contributed by atoms with Gasteiger partial charge in [0.05, 0.1) is 6.54 Å². The van der Waals surface area contributed by atoms with Gasteiger partial charge < -0.3 is 37.0 Å². The molecule has 1 heterocycles. The van der Waals surface area contributed by atoms with Crippen LogP contribution in [0, 0.1) is 0 Å². The lowest BCUT2D eigenvalue weighted by molar-refractivity contribution is -0.142. The van der Waals surface area contributed by atoms with Crippen molar-refractivity contribution in [2.45, 2.75) is 68.4 Å². The minimum absolute atomic E-state index is 0.00299. The first-order valence-electron chi connectivity index (χ1n) is 19.4. The highest BCUT2D eigenvalue weighted by Gasteiger charge is 2.33. The first kappa shape index (κ1) is 44.4. The molecule has 4 aromatic rings. The Morgan fingerprint density at radius 1 is 0.650 bits per heavy atom. The fourth-order valence-corrected chi connectivity index (χ4v) is 7.52. The maximum Gasteiger partial charge on any atom is 0.326 e. The van der Waals surface area contributed by atoms with Gasteiger partial charge in [-0.15, -0.1) is 11.8 Å². The fourth-order valence-electron chi connectivity index (χ4n) is 6.55. The number of carbonyl (C=O) groups is 7. The molecule has 0 aliphatic carbocycles. The minimum atomic E-state index is -1.37. The maximum atomic E-state index is 14.4. The number of anilines is 1. The summed E-state index contributed by atoms with van der Waals surface area (Å²) in [6.45, 7) is 0.929. The van der Waals surface area contributed by atoms with Gasteiger partial charge in [0.1, 0.15) is 24.2 Å². The standard InChI is InChI=1S/C45H48N6O8S/c1-29(53)46-27-41(54)48-39(26-36-13-8-22-60-36)44(57)50-38(24-31-14-18-34(19-15-31)33-11-6-3-7-12-33)42(55)49-37(23-30-9-4-2-5-10-30)43(56)51-40(45(58)59)25-32-16-20-35(21-17-32)47-28-52/h2-12,14-22,28,36-40H,13,23-27H2,1H3,(H,46,53)(H,47,52)(H,48,54)(H,49,55)(H,50,57)(H,51,56)(H,58,59)/t36?,37-,38+,39-,40+/m1/s1. The summed E-state index contributed by atoms with van der Waals surface area (Å²) in [5.41, 5.74) is 4.40. The number of thioether (sulfide) groups is 1. The van der Waals surface area contributed by atoms with Crippen molar-refractivity contribution in [3.63, 3.8) is 0 Å². The Bertz CT molecular complexity index is 2130. The molecule has 0 bridgehead atoms. The lowest BCUT2D eigenvalue weighted by Crippen LogP contribution is -2.59. The number of amides is 6. The molecule has 0 radical (unpaired) electrons. The van der Waals surface area contributed by atoms with Crippen LogP contribution in [0.15, 0.2) is 121 Å². The quantitative estimate of drug-likeness (QED) is 0.0612. The van der Waals surface area contributed by atoms with Gasteiger partial charge in [-0.3, -0.25) is 28.8 Å². The summed E-state index contributed by atoms with van der Waals surface area (Å²) < 4.78 is 0. The predicted octanol–water partition coefficient (Wildman–Crippen LogP) is 3.52. The van der Waals surface area contributed by atoms with Crippen LogP contribution in [0.1, 0.15) is 36.5 Å². The van der Waals surface area contributed by atoms with E-state index in [0.717, 1.165) is 11.1 Å². The summed E-state index contributed by atoms with van der Waals surface area (Å²) in [5.74, 6) is -4.40. The third-order valence-electron chi connectivity index (χ3n) is 9.70. The van der Waals surface area contributed by atoms with E-state index in [1.165, 1.54) is 18.7 Å². The lowest BCUT2D eigenvalue weighted by atomic mass is 9.99. The number of benzene rings is 4. The first-order chi connectivity index (χ1) is 29.0. The van der Waals surface area contributed by atoms with Gasteiger partial charge in [-0.1, -0.05) is 103 Å². The zero-order chi connectivity index (χ0) is 42.9. The van der Waals surface area contributed by atoms with Gasteiger partial charge in [0, 0.05) is 37.1 Å². The topological polar surface area (TPSA) is 212 Å². The number of nitrogens with one attached hydrogen (secondary N) is 6. The molecule has 14 nitrogen and oxygen atoms in total. The number of hydrogen-bond donors (Lipinski definition) is 7. The minimum Gasteiger partial charge on any atom is -0.480 e. The summed E-state index contributed by atoms with van der Waals surface area (Å²) in [6.07, 6.45) is 3.31. The number of allylic oxidation sites excluding steroid dienone is 1. The number of carbonyl (C=O) groups excluding carboxylic acids is 6. The molecule has 6 amide bonds. The van der Waals surface area contributed by atoms with E-state index >= 15 is 0 Å². The van der Waals surface area contributed by atoms with E-state index in [2.05, 4.69) is 31.9 Å². The van der Waals surface area contributed by atoms with Crippen molar-refractivity contribution in [2.24, 2.45) is 0 Å².